The lowest BCUT2D eigenvalue weighted by Gasteiger charge is -2.44. The number of aliphatic hydroxyl groups is 1. The van der Waals surface area contributed by atoms with Crippen LogP contribution in [0.3, 0.4) is 0 Å². The van der Waals surface area contributed by atoms with Gasteiger partial charge in [-0.2, -0.15) is 0 Å². The Labute approximate surface area is 236 Å². The van der Waals surface area contributed by atoms with E-state index in [1.807, 2.05) is 65.0 Å². The molecule has 1 saturated heterocycles. The summed E-state index contributed by atoms with van der Waals surface area (Å²) in [6.45, 7) is 10.1. The topological polar surface area (TPSA) is 87.9 Å². The van der Waals surface area contributed by atoms with E-state index < -0.39 is 23.8 Å². The largest absolute Gasteiger partial charge is 0.444 e. The van der Waals surface area contributed by atoms with Crippen molar-refractivity contribution in [2.75, 3.05) is 19.6 Å². The molecule has 1 fully saturated rings. The van der Waals surface area contributed by atoms with Gasteiger partial charge in [0.05, 0.1) is 24.2 Å². The molecule has 1 aromatic heterocycles. The number of amides is 2. The monoisotopic (exact) mass is 544 g/mol. The number of imidazole rings is 1. The first-order chi connectivity index (χ1) is 19.0. The van der Waals surface area contributed by atoms with Crippen molar-refractivity contribution < 1.29 is 19.4 Å². The van der Waals surface area contributed by atoms with Crippen LogP contribution in [0.4, 0.5) is 4.79 Å². The van der Waals surface area contributed by atoms with Crippen LogP contribution in [-0.2, 0) is 17.6 Å². The summed E-state index contributed by atoms with van der Waals surface area (Å²) in [6.07, 6.45) is 2.29. The Balaban J connectivity index is 1.48. The molecular weight excluding hydrogens is 504 g/mol. The normalized spacial score (nSPS) is 18.6. The first-order valence-electron chi connectivity index (χ1n) is 14.2. The smallest absolute Gasteiger partial charge is 0.410 e. The minimum atomic E-state index is -0.819. The van der Waals surface area contributed by atoms with Gasteiger partial charge in [0.15, 0.2) is 5.69 Å². The van der Waals surface area contributed by atoms with Crippen molar-refractivity contribution in [2.45, 2.75) is 71.2 Å². The maximum absolute atomic E-state index is 14.3. The van der Waals surface area contributed by atoms with Crippen LogP contribution in [0.25, 0.3) is 11.3 Å². The highest BCUT2D eigenvalue weighted by molar-refractivity contribution is 5.98. The number of aromatic nitrogens is 2. The zero-order chi connectivity index (χ0) is 28.6. The summed E-state index contributed by atoms with van der Waals surface area (Å²) in [5.74, 6) is -0.344. The SMILES string of the molecule is CC(C)C(O)[C@@H]1CN(C(=O)OC(C)(C)C)CCN1C(=O)c1ncn(C2Cc3ccccc3C2)c1-c1ccccc1. The number of rotatable bonds is 5. The third-order valence-electron chi connectivity index (χ3n) is 7.87. The fourth-order valence-electron chi connectivity index (χ4n) is 5.84. The molecule has 2 aromatic carbocycles. The highest BCUT2D eigenvalue weighted by Gasteiger charge is 2.41. The fraction of sp³-hybridized carbons (Fsp3) is 0.469. The van der Waals surface area contributed by atoms with Gasteiger partial charge < -0.3 is 24.2 Å². The Morgan fingerprint density at radius 3 is 2.20 bits per heavy atom. The quantitative estimate of drug-likeness (QED) is 0.490. The van der Waals surface area contributed by atoms with Gasteiger partial charge in [0.1, 0.15) is 5.60 Å². The van der Waals surface area contributed by atoms with Crippen LogP contribution in [0.5, 0.6) is 0 Å². The molecule has 40 heavy (non-hydrogen) atoms. The predicted octanol–water partition coefficient (Wildman–Crippen LogP) is 4.97. The second kappa shape index (κ2) is 11.1. The molecule has 2 amide bonds. The lowest BCUT2D eigenvalue weighted by molar-refractivity contribution is -0.0295. The molecule has 8 heteroatoms. The van der Waals surface area contributed by atoms with Crippen LogP contribution >= 0.6 is 0 Å². The zero-order valence-corrected chi connectivity index (χ0v) is 24.1. The van der Waals surface area contributed by atoms with Crippen molar-refractivity contribution in [1.82, 2.24) is 19.4 Å². The van der Waals surface area contributed by atoms with Gasteiger partial charge in [0.25, 0.3) is 5.91 Å². The molecule has 0 bridgehead atoms. The molecular formula is C32H40N4O4. The number of piperazine rings is 1. The van der Waals surface area contributed by atoms with Crippen molar-refractivity contribution in [3.63, 3.8) is 0 Å². The Morgan fingerprint density at radius 1 is 0.975 bits per heavy atom. The maximum atomic E-state index is 14.3. The van der Waals surface area contributed by atoms with Gasteiger partial charge in [-0.05, 0) is 50.7 Å². The fourth-order valence-corrected chi connectivity index (χ4v) is 5.84. The van der Waals surface area contributed by atoms with Crippen LogP contribution in [0, 0.1) is 5.92 Å². The van der Waals surface area contributed by atoms with Gasteiger partial charge in [-0.1, -0.05) is 68.4 Å². The summed E-state index contributed by atoms with van der Waals surface area (Å²) in [6, 6.07) is 18.0. The van der Waals surface area contributed by atoms with Gasteiger partial charge in [-0.25, -0.2) is 9.78 Å². The molecule has 212 valence electrons. The molecule has 1 N–H and O–H groups in total. The average molecular weight is 545 g/mol. The summed E-state index contributed by atoms with van der Waals surface area (Å²) in [5.41, 5.74) is 4.10. The number of aliphatic hydroxyl groups excluding tert-OH is 1. The van der Waals surface area contributed by atoms with E-state index in [2.05, 4.69) is 28.8 Å². The molecule has 0 spiro atoms. The van der Waals surface area contributed by atoms with Crippen LogP contribution in [0.15, 0.2) is 60.9 Å². The number of ether oxygens (including phenoxy) is 1. The van der Waals surface area contributed by atoms with Crippen molar-refractivity contribution in [2.24, 2.45) is 5.92 Å². The number of nitrogens with zero attached hydrogens (tertiary/aromatic N) is 4. The molecule has 8 nitrogen and oxygen atoms in total. The molecule has 2 atom stereocenters. The second-order valence-corrected chi connectivity index (χ2v) is 12.3. The second-order valence-electron chi connectivity index (χ2n) is 12.3. The molecule has 2 aliphatic rings. The third kappa shape index (κ3) is 5.63. The summed E-state index contributed by atoms with van der Waals surface area (Å²) in [5, 5.41) is 11.2. The molecule has 3 aromatic rings. The third-order valence-corrected chi connectivity index (χ3v) is 7.87. The van der Waals surface area contributed by atoms with E-state index in [1.165, 1.54) is 11.1 Å². The maximum Gasteiger partial charge on any atom is 0.410 e. The minimum absolute atomic E-state index is 0.109. The van der Waals surface area contributed by atoms with Crippen molar-refractivity contribution in [3.05, 3.63) is 77.7 Å². The first kappa shape index (κ1) is 27.9. The highest BCUT2D eigenvalue weighted by atomic mass is 16.6. The van der Waals surface area contributed by atoms with Crippen LogP contribution < -0.4 is 0 Å². The van der Waals surface area contributed by atoms with Gasteiger partial charge in [0.2, 0.25) is 0 Å². The molecule has 0 saturated carbocycles. The summed E-state index contributed by atoms with van der Waals surface area (Å²) in [7, 11) is 0. The molecule has 1 aliphatic carbocycles. The first-order valence-corrected chi connectivity index (χ1v) is 14.2. The highest BCUT2D eigenvalue weighted by Crippen LogP contribution is 2.36. The van der Waals surface area contributed by atoms with Crippen molar-refractivity contribution >= 4 is 12.0 Å². The number of fused-ring (bicyclic) bond motifs is 1. The lowest BCUT2D eigenvalue weighted by Crippen LogP contribution is -2.61. The number of hydrogen-bond acceptors (Lipinski definition) is 5. The standard InChI is InChI=1S/C32H40N4O4/c1-21(2)29(37)26-19-34(31(39)40-32(3,4)5)15-16-35(26)30(38)27-28(22-11-7-6-8-12-22)36(20-33-27)25-17-23-13-9-10-14-24(23)18-25/h6-14,20-21,25-26,29,37H,15-19H2,1-5H3/t26-,29?/m0/s1. The number of benzene rings is 2. The summed E-state index contributed by atoms with van der Waals surface area (Å²) < 4.78 is 7.74. The summed E-state index contributed by atoms with van der Waals surface area (Å²) in [4.78, 5) is 35.2. The molecule has 1 aliphatic heterocycles. The van der Waals surface area contributed by atoms with E-state index in [4.69, 9.17) is 9.72 Å². The Morgan fingerprint density at radius 2 is 1.60 bits per heavy atom. The van der Waals surface area contributed by atoms with E-state index in [0.717, 1.165) is 24.1 Å². The summed E-state index contributed by atoms with van der Waals surface area (Å²) >= 11 is 0. The minimum Gasteiger partial charge on any atom is -0.444 e. The van der Waals surface area contributed by atoms with Crippen LogP contribution in [0.1, 0.15) is 62.3 Å². The number of hydrogen-bond donors (Lipinski definition) is 1. The lowest BCUT2D eigenvalue weighted by atomic mass is 9.95. The van der Waals surface area contributed by atoms with E-state index in [-0.39, 0.29) is 31.0 Å². The zero-order valence-electron chi connectivity index (χ0n) is 24.1. The van der Waals surface area contributed by atoms with Crippen molar-refractivity contribution in [3.8, 4) is 11.3 Å². The van der Waals surface area contributed by atoms with E-state index in [1.54, 1.807) is 16.1 Å². The van der Waals surface area contributed by atoms with E-state index in [9.17, 15) is 14.7 Å². The van der Waals surface area contributed by atoms with Gasteiger partial charge in [0, 0.05) is 31.2 Å². The van der Waals surface area contributed by atoms with E-state index in [0.29, 0.717) is 12.2 Å². The molecule has 1 unspecified atom stereocenters. The Kier molecular flexibility index (Phi) is 7.73. The van der Waals surface area contributed by atoms with E-state index >= 15 is 0 Å². The predicted molar refractivity (Wildman–Crippen MR) is 154 cm³/mol. The van der Waals surface area contributed by atoms with Crippen LogP contribution in [0.2, 0.25) is 0 Å². The Bertz CT molecular complexity index is 1340. The molecule has 5 rings (SSSR count). The van der Waals surface area contributed by atoms with Gasteiger partial charge >= 0.3 is 6.09 Å². The Hall–Kier alpha value is -3.65. The van der Waals surface area contributed by atoms with Crippen LogP contribution in [-0.4, -0.2) is 73.8 Å². The number of carbonyl (C=O) groups is 2. The molecule has 0 radical (unpaired) electrons. The van der Waals surface area contributed by atoms with Crippen molar-refractivity contribution in [1.29, 1.82) is 0 Å². The average Bonchev–Trinajstić information content (AvgIpc) is 3.56. The number of carbonyl (C=O) groups excluding carboxylic acids is 2. The molecule has 2 heterocycles. The van der Waals surface area contributed by atoms with Gasteiger partial charge in [-0.15, -0.1) is 0 Å². The van der Waals surface area contributed by atoms with Gasteiger partial charge in [-0.3, -0.25) is 4.79 Å².